The molecule has 2 rings (SSSR count). The van der Waals surface area contributed by atoms with Gasteiger partial charge in [0, 0.05) is 17.6 Å². The van der Waals surface area contributed by atoms with E-state index in [0.29, 0.717) is 0 Å². The topological polar surface area (TPSA) is 28.4 Å². The first kappa shape index (κ1) is 14.3. The number of hydrogen-bond acceptors (Lipinski definition) is 3. The van der Waals surface area contributed by atoms with E-state index in [-0.39, 0.29) is 6.04 Å². The molecule has 1 aromatic heterocycles. The number of nitrogens with zero attached hydrogens (tertiary/aromatic N) is 1. The second kappa shape index (κ2) is 6.89. The quantitative estimate of drug-likeness (QED) is 0.883. The van der Waals surface area contributed by atoms with Gasteiger partial charge in [-0.15, -0.1) is 0 Å². The molecular weight excluding hydrogens is 304 g/mol. The third kappa shape index (κ3) is 3.93. The first-order valence-electron chi connectivity index (χ1n) is 6.32. The summed E-state index contributed by atoms with van der Waals surface area (Å²) in [5.74, 6) is 0.990. The monoisotopic (exact) mass is 322 g/mol. The summed E-state index contributed by atoms with van der Waals surface area (Å²) >= 11 is 3.56. The molecule has 0 saturated heterocycles. The van der Waals surface area contributed by atoms with Gasteiger partial charge in [-0.1, -0.05) is 34.1 Å². The highest BCUT2D eigenvalue weighted by atomic mass is 79.9. The van der Waals surface area contributed by atoms with Crippen molar-refractivity contribution in [1.82, 2.24) is 10.2 Å². The van der Waals surface area contributed by atoms with Gasteiger partial charge >= 0.3 is 0 Å². The molecule has 19 heavy (non-hydrogen) atoms. The largest absolute Gasteiger partial charge is 0.468 e. The van der Waals surface area contributed by atoms with E-state index < -0.39 is 0 Å². The second-order valence-electron chi connectivity index (χ2n) is 4.72. The number of halogens is 1. The van der Waals surface area contributed by atoms with Gasteiger partial charge < -0.3 is 9.73 Å². The van der Waals surface area contributed by atoms with Gasteiger partial charge in [0.05, 0.1) is 12.3 Å². The minimum Gasteiger partial charge on any atom is -0.468 e. The molecule has 0 aliphatic carbocycles. The molecule has 4 heteroatoms. The van der Waals surface area contributed by atoms with Crippen LogP contribution in [0.1, 0.15) is 17.4 Å². The summed E-state index contributed by atoms with van der Waals surface area (Å²) in [5.41, 5.74) is 1.26. The predicted molar refractivity (Wildman–Crippen MR) is 81.0 cm³/mol. The van der Waals surface area contributed by atoms with Crippen molar-refractivity contribution in [3.05, 3.63) is 58.5 Å². The minimum absolute atomic E-state index is 0.248. The Bertz CT molecular complexity index is 497. The van der Waals surface area contributed by atoms with Gasteiger partial charge in [0.15, 0.2) is 0 Å². The van der Waals surface area contributed by atoms with E-state index in [1.165, 1.54) is 5.56 Å². The molecule has 0 aliphatic rings. The van der Waals surface area contributed by atoms with Gasteiger partial charge in [0.1, 0.15) is 5.76 Å². The van der Waals surface area contributed by atoms with Crippen LogP contribution >= 0.6 is 15.9 Å². The summed E-state index contributed by atoms with van der Waals surface area (Å²) in [6.07, 6.45) is 1.72. The molecule has 0 aliphatic heterocycles. The molecule has 1 atom stereocenters. The molecule has 2 aromatic rings. The first-order chi connectivity index (χ1) is 9.18. The van der Waals surface area contributed by atoms with E-state index in [2.05, 4.69) is 58.4 Å². The summed E-state index contributed by atoms with van der Waals surface area (Å²) in [6, 6.07) is 12.5. The summed E-state index contributed by atoms with van der Waals surface area (Å²) in [7, 11) is 4.13. The number of likely N-dealkylation sites (N-methyl/N-ethyl adjacent to an activating group) is 1. The maximum absolute atomic E-state index is 5.49. The van der Waals surface area contributed by atoms with E-state index >= 15 is 0 Å². The van der Waals surface area contributed by atoms with Gasteiger partial charge in [0.25, 0.3) is 0 Å². The van der Waals surface area contributed by atoms with Gasteiger partial charge in [-0.05, 0) is 37.9 Å². The molecule has 0 spiro atoms. The minimum atomic E-state index is 0.248. The lowest BCUT2D eigenvalue weighted by Crippen LogP contribution is -2.30. The third-order valence-corrected chi connectivity index (χ3v) is 3.88. The number of rotatable bonds is 6. The van der Waals surface area contributed by atoms with E-state index in [4.69, 9.17) is 4.42 Å². The lowest BCUT2D eigenvalue weighted by atomic mass is 10.2. The molecule has 1 heterocycles. The molecule has 0 amide bonds. The van der Waals surface area contributed by atoms with Crippen LogP contribution in [0.2, 0.25) is 0 Å². The van der Waals surface area contributed by atoms with Gasteiger partial charge in [0.2, 0.25) is 0 Å². The molecular formula is C15H19BrN2O. The maximum Gasteiger partial charge on any atom is 0.122 e. The highest BCUT2D eigenvalue weighted by molar-refractivity contribution is 9.10. The normalized spacial score (nSPS) is 12.8. The number of nitrogens with one attached hydrogen (secondary N) is 1. The van der Waals surface area contributed by atoms with Crippen LogP contribution in [0.5, 0.6) is 0 Å². The molecule has 0 bridgehead atoms. The number of furan rings is 1. The fraction of sp³-hybridized carbons (Fsp3) is 0.333. The molecule has 0 fully saturated rings. The molecule has 1 N–H and O–H groups in total. The zero-order valence-electron chi connectivity index (χ0n) is 11.3. The lowest BCUT2D eigenvalue weighted by Gasteiger charge is -2.22. The Morgan fingerprint density at radius 3 is 2.63 bits per heavy atom. The van der Waals surface area contributed by atoms with Crippen LogP contribution in [0.3, 0.4) is 0 Å². The number of benzene rings is 1. The Balaban J connectivity index is 1.92. The fourth-order valence-electron chi connectivity index (χ4n) is 2.00. The Morgan fingerprint density at radius 1 is 1.21 bits per heavy atom. The van der Waals surface area contributed by atoms with Crippen LogP contribution in [-0.4, -0.2) is 25.5 Å². The first-order valence-corrected chi connectivity index (χ1v) is 7.11. The zero-order valence-corrected chi connectivity index (χ0v) is 12.9. The zero-order chi connectivity index (χ0) is 13.7. The standard InChI is InChI=1S/C15H19BrN2O/c1-18(2)14(15-8-5-9-19-15)11-17-10-12-6-3-4-7-13(12)16/h3-9,14,17H,10-11H2,1-2H3. The predicted octanol–water partition coefficient (Wildman–Crippen LogP) is 3.43. The Morgan fingerprint density at radius 2 is 2.00 bits per heavy atom. The van der Waals surface area contributed by atoms with E-state index in [0.717, 1.165) is 23.3 Å². The molecule has 1 aromatic carbocycles. The summed E-state index contributed by atoms with van der Waals surface area (Å²) in [6.45, 7) is 1.69. The molecule has 102 valence electrons. The van der Waals surface area contributed by atoms with Crippen molar-refractivity contribution in [3.63, 3.8) is 0 Å². The maximum atomic E-state index is 5.49. The van der Waals surface area contributed by atoms with Crippen molar-refractivity contribution in [2.45, 2.75) is 12.6 Å². The van der Waals surface area contributed by atoms with Gasteiger partial charge in [-0.2, -0.15) is 0 Å². The van der Waals surface area contributed by atoms with Crippen LogP contribution in [0.4, 0.5) is 0 Å². The second-order valence-corrected chi connectivity index (χ2v) is 5.57. The Labute approximate surface area is 122 Å². The van der Waals surface area contributed by atoms with E-state index in [1.54, 1.807) is 6.26 Å². The van der Waals surface area contributed by atoms with Crippen LogP contribution in [0.25, 0.3) is 0 Å². The van der Waals surface area contributed by atoms with Crippen LogP contribution in [-0.2, 0) is 6.54 Å². The SMILES string of the molecule is CN(C)C(CNCc1ccccc1Br)c1ccco1. The summed E-state index contributed by atoms with van der Waals surface area (Å²) < 4.78 is 6.63. The summed E-state index contributed by atoms with van der Waals surface area (Å²) in [5, 5.41) is 3.48. The summed E-state index contributed by atoms with van der Waals surface area (Å²) in [4.78, 5) is 2.16. The molecule has 0 saturated carbocycles. The van der Waals surface area contributed by atoms with Crippen LogP contribution < -0.4 is 5.32 Å². The van der Waals surface area contributed by atoms with Crippen LogP contribution in [0.15, 0.2) is 51.6 Å². The Kier molecular flexibility index (Phi) is 5.19. The number of hydrogen-bond donors (Lipinski definition) is 1. The smallest absolute Gasteiger partial charge is 0.122 e. The molecule has 3 nitrogen and oxygen atoms in total. The van der Waals surface area contributed by atoms with Crippen molar-refractivity contribution >= 4 is 15.9 Å². The van der Waals surface area contributed by atoms with E-state index in [1.807, 2.05) is 18.2 Å². The molecule has 1 unspecified atom stereocenters. The van der Waals surface area contributed by atoms with Crippen molar-refractivity contribution < 1.29 is 4.42 Å². The van der Waals surface area contributed by atoms with Gasteiger partial charge in [-0.25, -0.2) is 0 Å². The average molecular weight is 323 g/mol. The lowest BCUT2D eigenvalue weighted by molar-refractivity contribution is 0.250. The molecule has 0 radical (unpaired) electrons. The third-order valence-electron chi connectivity index (χ3n) is 3.11. The van der Waals surface area contributed by atoms with Crippen molar-refractivity contribution in [2.75, 3.05) is 20.6 Å². The van der Waals surface area contributed by atoms with E-state index in [9.17, 15) is 0 Å². The van der Waals surface area contributed by atoms with Crippen molar-refractivity contribution in [1.29, 1.82) is 0 Å². The van der Waals surface area contributed by atoms with Crippen molar-refractivity contribution in [3.8, 4) is 0 Å². The Hall–Kier alpha value is -1.10. The highest BCUT2D eigenvalue weighted by Crippen LogP contribution is 2.19. The van der Waals surface area contributed by atoms with Crippen LogP contribution in [0, 0.1) is 0 Å². The average Bonchev–Trinajstić information content (AvgIpc) is 2.89. The van der Waals surface area contributed by atoms with Gasteiger partial charge in [-0.3, -0.25) is 4.90 Å². The fourth-order valence-corrected chi connectivity index (χ4v) is 2.43. The van der Waals surface area contributed by atoms with Crippen molar-refractivity contribution in [2.24, 2.45) is 0 Å². The highest BCUT2D eigenvalue weighted by Gasteiger charge is 2.16.